The molecule has 0 radical (unpaired) electrons. The second-order valence-corrected chi connectivity index (χ2v) is 7.05. The van der Waals surface area contributed by atoms with Crippen molar-refractivity contribution < 1.29 is 19.1 Å². The minimum absolute atomic E-state index is 0.0800. The summed E-state index contributed by atoms with van der Waals surface area (Å²) in [4.78, 5) is 24.6. The average Bonchev–Trinajstić information content (AvgIpc) is 2.43. The van der Waals surface area contributed by atoms with Crippen LogP contribution in [0.25, 0.3) is 0 Å². The third-order valence-corrected chi connectivity index (χ3v) is 4.06. The summed E-state index contributed by atoms with van der Waals surface area (Å²) in [6, 6.07) is 3.67. The second-order valence-electron chi connectivity index (χ2n) is 7.05. The molecular formula is C18H24O4. The summed E-state index contributed by atoms with van der Waals surface area (Å²) < 4.78 is 11.0. The van der Waals surface area contributed by atoms with E-state index in [1.165, 1.54) is 0 Å². The number of ether oxygens (including phenoxy) is 2. The molecule has 22 heavy (non-hydrogen) atoms. The number of hydrogen-bond acceptors (Lipinski definition) is 4. The summed E-state index contributed by atoms with van der Waals surface area (Å²) in [5.41, 5.74) is 1.76. The molecule has 0 bridgehead atoms. The largest absolute Gasteiger partial charge is 0.496 e. The summed E-state index contributed by atoms with van der Waals surface area (Å²) in [6.07, 6.45) is 0.151. The van der Waals surface area contributed by atoms with Crippen LogP contribution in [0.2, 0.25) is 0 Å². The minimum Gasteiger partial charge on any atom is -0.496 e. The van der Waals surface area contributed by atoms with Gasteiger partial charge in [0.05, 0.1) is 12.5 Å². The van der Waals surface area contributed by atoms with E-state index < -0.39 is 5.41 Å². The lowest BCUT2D eigenvalue weighted by Crippen LogP contribution is -2.30. The molecule has 1 aliphatic rings. The van der Waals surface area contributed by atoms with Crippen molar-refractivity contribution in [2.24, 2.45) is 11.3 Å². The van der Waals surface area contributed by atoms with Crippen LogP contribution in [0.15, 0.2) is 12.1 Å². The number of benzene rings is 1. The maximum absolute atomic E-state index is 12.4. The highest BCUT2D eigenvalue weighted by atomic mass is 16.5. The van der Waals surface area contributed by atoms with E-state index >= 15 is 0 Å². The number of Topliss-reactive ketones (excluding diaryl/α,β-unsaturated/α-hetero) is 1. The normalized spacial score (nSPS) is 21.3. The van der Waals surface area contributed by atoms with E-state index in [1.807, 2.05) is 40.7 Å². The van der Waals surface area contributed by atoms with Crippen molar-refractivity contribution in [1.29, 1.82) is 0 Å². The van der Waals surface area contributed by atoms with Crippen LogP contribution in [0.3, 0.4) is 0 Å². The third-order valence-electron chi connectivity index (χ3n) is 4.06. The van der Waals surface area contributed by atoms with Crippen molar-refractivity contribution in [3.8, 4) is 5.75 Å². The van der Waals surface area contributed by atoms with Crippen LogP contribution < -0.4 is 4.74 Å². The molecule has 1 aromatic carbocycles. The van der Waals surface area contributed by atoms with E-state index in [2.05, 4.69) is 0 Å². The van der Waals surface area contributed by atoms with Gasteiger partial charge in [0, 0.05) is 17.0 Å². The Morgan fingerprint density at radius 3 is 2.45 bits per heavy atom. The van der Waals surface area contributed by atoms with Gasteiger partial charge in [-0.05, 0) is 51.8 Å². The van der Waals surface area contributed by atoms with Crippen LogP contribution in [-0.2, 0) is 9.53 Å². The van der Waals surface area contributed by atoms with E-state index in [0.29, 0.717) is 17.7 Å². The molecular weight excluding hydrogens is 280 g/mol. The lowest BCUT2D eigenvalue weighted by atomic mass is 9.81. The predicted octanol–water partition coefficient (Wildman–Crippen LogP) is 3.86. The molecule has 1 aromatic rings. The Hall–Kier alpha value is -1.84. The van der Waals surface area contributed by atoms with Gasteiger partial charge in [-0.1, -0.05) is 6.92 Å². The van der Waals surface area contributed by atoms with Crippen LogP contribution in [0.4, 0.5) is 0 Å². The van der Waals surface area contributed by atoms with Crippen LogP contribution in [0.5, 0.6) is 5.75 Å². The number of esters is 1. The van der Waals surface area contributed by atoms with Crippen LogP contribution >= 0.6 is 0 Å². The van der Waals surface area contributed by atoms with Gasteiger partial charge in [-0.3, -0.25) is 9.59 Å². The molecule has 0 aromatic heterocycles. The van der Waals surface area contributed by atoms with Gasteiger partial charge in [0.1, 0.15) is 11.9 Å². The lowest BCUT2D eigenvalue weighted by molar-refractivity contribution is -0.160. The SMILES string of the molecule is COc1cc2c(cc1C)C(OC(=O)C(C)(C)C)CC(C)C2=O. The summed E-state index contributed by atoms with van der Waals surface area (Å²) in [6.45, 7) is 9.27. The van der Waals surface area contributed by atoms with Crippen molar-refractivity contribution in [2.75, 3.05) is 7.11 Å². The number of carbonyl (C=O) groups is 2. The van der Waals surface area contributed by atoms with E-state index in [9.17, 15) is 9.59 Å². The molecule has 0 heterocycles. The Balaban J connectivity index is 2.44. The first-order valence-electron chi connectivity index (χ1n) is 7.59. The summed E-state index contributed by atoms with van der Waals surface area (Å²) >= 11 is 0. The van der Waals surface area contributed by atoms with Gasteiger partial charge in [-0.15, -0.1) is 0 Å². The minimum atomic E-state index is -0.563. The standard InChI is InChI=1S/C18H24O4/c1-10-7-12-13(9-14(10)21-6)16(19)11(2)8-15(12)22-17(20)18(3,4)5/h7,9,11,15H,8H2,1-6H3. The molecule has 0 aliphatic heterocycles. The van der Waals surface area contributed by atoms with E-state index in [4.69, 9.17) is 9.47 Å². The molecule has 2 unspecified atom stereocenters. The topological polar surface area (TPSA) is 52.6 Å². The Morgan fingerprint density at radius 1 is 1.27 bits per heavy atom. The molecule has 0 amide bonds. The first-order valence-corrected chi connectivity index (χ1v) is 7.59. The van der Waals surface area contributed by atoms with Gasteiger partial charge in [-0.25, -0.2) is 0 Å². The molecule has 1 aliphatic carbocycles. The predicted molar refractivity (Wildman–Crippen MR) is 84.1 cm³/mol. The van der Waals surface area contributed by atoms with Gasteiger partial charge < -0.3 is 9.47 Å². The Kier molecular flexibility index (Phi) is 4.32. The fraction of sp³-hybridized carbons (Fsp3) is 0.556. The van der Waals surface area contributed by atoms with E-state index in [1.54, 1.807) is 13.2 Å². The van der Waals surface area contributed by atoms with Gasteiger partial charge in [0.2, 0.25) is 0 Å². The highest BCUT2D eigenvalue weighted by Crippen LogP contribution is 2.39. The van der Waals surface area contributed by atoms with Crippen molar-refractivity contribution >= 4 is 11.8 Å². The Bertz CT molecular complexity index is 610. The average molecular weight is 304 g/mol. The summed E-state index contributed by atoms with van der Waals surface area (Å²) in [5, 5.41) is 0. The van der Waals surface area contributed by atoms with Crippen LogP contribution in [0, 0.1) is 18.3 Å². The zero-order valence-electron chi connectivity index (χ0n) is 14.1. The van der Waals surface area contributed by atoms with Crippen molar-refractivity contribution in [1.82, 2.24) is 0 Å². The number of ketones is 1. The van der Waals surface area contributed by atoms with Crippen molar-refractivity contribution in [2.45, 2.75) is 47.1 Å². The van der Waals surface area contributed by atoms with Crippen molar-refractivity contribution in [3.63, 3.8) is 0 Å². The number of aryl methyl sites for hydroxylation is 1. The molecule has 2 rings (SSSR count). The highest BCUT2D eigenvalue weighted by Gasteiger charge is 2.36. The third kappa shape index (κ3) is 3.01. The van der Waals surface area contributed by atoms with E-state index in [-0.39, 0.29) is 23.8 Å². The second kappa shape index (κ2) is 5.75. The van der Waals surface area contributed by atoms with Crippen LogP contribution in [0.1, 0.15) is 61.7 Å². The smallest absolute Gasteiger partial charge is 0.311 e. The molecule has 2 atom stereocenters. The van der Waals surface area contributed by atoms with Gasteiger partial charge in [0.15, 0.2) is 5.78 Å². The molecule has 120 valence electrons. The number of rotatable bonds is 2. The molecule has 4 heteroatoms. The molecule has 0 fully saturated rings. The molecule has 0 spiro atoms. The van der Waals surface area contributed by atoms with Gasteiger partial charge in [0.25, 0.3) is 0 Å². The maximum Gasteiger partial charge on any atom is 0.311 e. The Labute approximate surface area is 131 Å². The maximum atomic E-state index is 12.4. The van der Waals surface area contributed by atoms with E-state index in [0.717, 1.165) is 11.1 Å². The zero-order chi connectivity index (χ0) is 16.7. The monoisotopic (exact) mass is 304 g/mol. The lowest BCUT2D eigenvalue weighted by Gasteiger charge is -2.31. The molecule has 0 N–H and O–H groups in total. The molecule has 0 saturated carbocycles. The number of fused-ring (bicyclic) bond motifs is 1. The summed E-state index contributed by atoms with van der Waals surface area (Å²) in [5.74, 6) is 0.342. The van der Waals surface area contributed by atoms with Gasteiger partial charge >= 0.3 is 5.97 Å². The quantitative estimate of drug-likeness (QED) is 0.779. The first-order chi connectivity index (χ1) is 10.1. The van der Waals surface area contributed by atoms with Gasteiger partial charge in [-0.2, -0.15) is 0 Å². The molecule has 4 nitrogen and oxygen atoms in total. The first kappa shape index (κ1) is 16.5. The fourth-order valence-corrected chi connectivity index (χ4v) is 2.65. The van der Waals surface area contributed by atoms with Crippen LogP contribution in [-0.4, -0.2) is 18.9 Å². The van der Waals surface area contributed by atoms with Crippen molar-refractivity contribution in [3.05, 3.63) is 28.8 Å². The fourth-order valence-electron chi connectivity index (χ4n) is 2.65. The highest BCUT2D eigenvalue weighted by molar-refractivity contribution is 6.00. The molecule has 0 saturated heterocycles. The Morgan fingerprint density at radius 2 is 1.91 bits per heavy atom. The number of carbonyl (C=O) groups excluding carboxylic acids is 2. The number of hydrogen-bond donors (Lipinski definition) is 0. The summed E-state index contributed by atoms with van der Waals surface area (Å²) in [7, 11) is 1.59. The number of methoxy groups -OCH3 is 1. The zero-order valence-corrected chi connectivity index (χ0v) is 14.1.